The van der Waals surface area contributed by atoms with E-state index in [4.69, 9.17) is 15.2 Å². The van der Waals surface area contributed by atoms with Gasteiger partial charge in [0.05, 0.1) is 19.8 Å². The molecule has 0 aromatic carbocycles. The van der Waals surface area contributed by atoms with Gasteiger partial charge in [0.2, 0.25) is 0 Å². The van der Waals surface area contributed by atoms with Gasteiger partial charge in [0.25, 0.3) is 0 Å². The smallest absolute Gasteiger partial charge is 0.409 e. The normalized spacial score (nSPS) is 26.2. The van der Waals surface area contributed by atoms with Gasteiger partial charge in [-0.3, -0.25) is 4.90 Å². The average Bonchev–Trinajstić information content (AvgIpc) is 2.41. The molecular weight excluding hydrogens is 234 g/mol. The summed E-state index contributed by atoms with van der Waals surface area (Å²) in [7, 11) is 0. The third kappa shape index (κ3) is 3.83. The lowest BCUT2D eigenvalue weighted by Gasteiger charge is -2.34. The molecule has 2 saturated heterocycles. The number of amides is 1. The first kappa shape index (κ1) is 13.6. The summed E-state index contributed by atoms with van der Waals surface area (Å²) in [5.41, 5.74) is 5.55. The summed E-state index contributed by atoms with van der Waals surface area (Å²) in [4.78, 5) is 15.8. The van der Waals surface area contributed by atoms with Crippen LogP contribution >= 0.6 is 0 Å². The topological polar surface area (TPSA) is 68.0 Å². The van der Waals surface area contributed by atoms with Crippen LogP contribution < -0.4 is 5.73 Å². The number of carbonyl (C=O) groups is 1. The summed E-state index contributed by atoms with van der Waals surface area (Å²) in [6.07, 6.45) is 0.734. The molecule has 0 spiro atoms. The minimum atomic E-state index is -0.184. The van der Waals surface area contributed by atoms with Crippen molar-refractivity contribution < 1.29 is 14.3 Å². The fraction of sp³-hybridized carbons (Fsp3) is 0.917. The molecule has 6 heteroatoms. The molecule has 0 radical (unpaired) electrons. The number of carbonyl (C=O) groups excluding carboxylic acids is 1. The highest BCUT2D eigenvalue weighted by Gasteiger charge is 2.26. The van der Waals surface area contributed by atoms with Crippen molar-refractivity contribution in [2.75, 3.05) is 59.1 Å². The van der Waals surface area contributed by atoms with E-state index in [0.717, 1.165) is 52.4 Å². The van der Waals surface area contributed by atoms with Crippen molar-refractivity contribution in [3.63, 3.8) is 0 Å². The van der Waals surface area contributed by atoms with Crippen molar-refractivity contribution in [3.8, 4) is 0 Å². The maximum absolute atomic E-state index is 11.6. The average molecular weight is 257 g/mol. The van der Waals surface area contributed by atoms with Crippen LogP contribution in [-0.4, -0.2) is 75.0 Å². The molecule has 2 aliphatic rings. The number of ether oxygens (including phenoxy) is 2. The second-order valence-electron chi connectivity index (χ2n) is 4.92. The minimum Gasteiger partial charge on any atom is -0.449 e. The highest BCUT2D eigenvalue weighted by molar-refractivity contribution is 5.68. The molecule has 0 aromatic rings. The molecule has 6 nitrogen and oxygen atoms in total. The molecule has 104 valence electrons. The summed E-state index contributed by atoms with van der Waals surface area (Å²) >= 11 is 0. The standard InChI is InChI=1S/C12H23N3O3/c13-2-1-11-9-15(12(16)18-10-11)4-3-14-5-7-17-8-6-14/h11H,1-10,13H2. The largest absolute Gasteiger partial charge is 0.449 e. The van der Waals surface area contributed by atoms with Crippen LogP contribution in [0.25, 0.3) is 0 Å². The zero-order chi connectivity index (χ0) is 12.8. The Bertz CT molecular complexity index is 269. The monoisotopic (exact) mass is 257 g/mol. The van der Waals surface area contributed by atoms with Gasteiger partial charge < -0.3 is 20.1 Å². The molecule has 2 fully saturated rings. The van der Waals surface area contributed by atoms with Crippen molar-refractivity contribution in [1.29, 1.82) is 0 Å². The second kappa shape index (κ2) is 6.92. The van der Waals surface area contributed by atoms with E-state index in [1.54, 1.807) is 4.90 Å². The number of nitrogens with two attached hydrogens (primary N) is 1. The van der Waals surface area contributed by atoms with E-state index in [9.17, 15) is 4.79 Å². The van der Waals surface area contributed by atoms with Gasteiger partial charge in [-0.15, -0.1) is 0 Å². The van der Waals surface area contributed by atoms with E-state index in [1.807, 2.05) is 0 Å². The summed E-state index contributed by atoms with van der Waals surface area (Å²) < 4.78 is 10.5. The molecule has 0 bridgehead atoms. The van der Waals surface area contributed by atoms with Crippen molar-refractivity contribution in [1.82, 2.24) is 9.80 Å². The molecule has 18 heavy (non-hydrogen) atoms. The minimum absolute atomic E-state index is 0.184. The predicted octanol–water partition coefficient (Wildman–Crippen LogP) is -0.264. The number of rotatable bonds is 5. The quantitative estimate of drug-likeness (QED) is 0.734. The van der Waals surface area contributed by atoms with E-state index in [0.29, 0.717) is 19.1 Å². The Kier molecular flexibility index (Phi) is 5.22. The van der Waals surface area contributed by atoms with Crippen molar-refractivity contribution in [2.24, 2.45) is 11.7 Å². The SMILES string of the molecule is NCCC1COC(=O)N(CCN2CCOCC2)C1. The highest BCUT2D eigenvalue weighted by Crippen LogP contribution is 2.14. The fourth-order valence-corrected chi connectivity index (χ4v) is 2.40. The van der Waals surface area contributed by atoms with E-state index in [-0.39, 0.29) is 6.09 Å². The Hall–Kier alpha value is -0.850. The van der Waals surface area contributed by atoms with Gasteiger partial charge in [-0.2, -0.15) is 0 Å². The van der Waals surface area contributed by atoms with Crippen LogP contribution in [0.4, 0.5) is 4.79 Å². The van der Waals surface area contributed by atoms with Crippen LogP contribution in [0.2, 0.25) is 0 Å². The summed E-state index contributed by atoms with van der Waals surface area (Å²) in [6.45, 7) is 7.07. The molecule has 1 amide bonds. The van der Waals surface area contributed by atoms with Gasteiger partial charge in [-0.05, 0) is 13.0 Å². The van der Waals surface area contributed by atoms with Crippen LogP contribution in [0.15, 0.2) is 0 Å². The number of hydrogen-bond donors (Lipinski definition) is 1. The first-order valence-electron chi connectivity index (χ1n) is 6.71. The van der Waals surface area contributed by atoms with Crippen molar-refractivity contribution in [3.05, 3.63) is 0 Å². The predicted molar refractivity (Wildman–Crippen MR) is 67.3 cm³/mol. The Morgan fingerprint density at radius 2 is 2.06 bits per heavy atom. The van der Waals surface area contributed by atoms with E-state index < -0.39 is 0 Å². The first-order chi connectivity index (χ1) is 8.79. The summed E-state index contributed by atoms with van der Waals surface area (Å²) in [6, 6.07) is 0. The third-order valence-corrected chi connectivity index (χ3v) is 3.54. The zero-order valence-electron chi connectivity index (χ0n) is 10.8. The van der Waals surface area contributed by atoms with Crippen LogP contribution in [0, 0.1) is 5.92 Å². The van der Waals surface area contributed by atoms with E-state index in [1.165, 1.54) is 0 Å². The Morgan fingerprint density at radius 1 is 1.28 bits per heavy atom. The lowest BCUT2D eigenvalue weighted by molar-refractivity contribution is 0.0182. The molecule has 0 aromatic heterocycles. The van der Waals surface area contributed by atoms with Crippen LogP contribution in [0.3, 0.4) is 0 Å². The van der Waals surface area contributed by atoms with Crippen LogP contribution in [-0.2, 0) is 9.47 Å². The molecule has 0 saturated carbocycles. The molecule has 2 heterocycles. The van der Waals surface area contributed by atoms with Gasteiger partial charge in [-0.25, -0.2) is 4.79 Å². The van der Waals surface area contributed by atoms with Gasteiger partial charge in [0.15, 0.2) is 0 Å². The zero-order valence-corrected chi connectivity index (χ0v) is 10.8. The molecule has 2 rings (SSSR count). The number of hydrogen-bond acceptors (Lipinski definition) is 5. The Balaban J connectivity index is 1.73. The molecule has 0 aliphatic carbocycles. The Labute approximate surface area is 108 Å². The number of nitrogens with zero attached hydrogens (tertiary/aromatic N) is 2. The number of cyclic esters (lactones) is 1. The van der Waals surface area contributed by atoms with Gasteiger partial charge in [0, 0.05) is 38.6 Å². The van der Waals surface area contributed by atoms with Gasteiger partial charge in [0.1, 0.15) is 0 Å². The molecule has 2 aliphatic heterocycles. The highest BCUT2D eigenvalue weighted by atomic mass is 16.6. The lowest BCUT2D eigenvalue weighted by atomic mass is 10.1. The maximum atomic E-state index is 11.6. The Morgan fingerprint density at radius 3 is 2.78 bits per heavy atom. The van der Waals surface area contributed by atoms with Gasteiger partial charge in [-0.1, -0.05) is 0 Å². The van der Waals surface area contributed by atoms with Gasteiger partial charge >= 0.3 is 6.09 Å². The van der Waals surface area contributed by atoms with Crippen molar-refractivity contribution >= 4 is 6.09 Å². The van der Waals surface area contributed by atoms with Crippen molar-refractivity contribution in [2.45, 2.75) is 6.42 Å². The molecular formula is C12H23N3O3. The lowest BCUT2D eigenvalue weighted by Crippen LogP contribution is -2.48. The summed E-state index contributed by atoms with van der Waals surface area (Å²) in [5.74, 6) is 0.386. The number of morpholine rings is 1. The van der Waals surface area contributed by atoms with E-state index in [2.05, 4.69) is 4.90 Å². The summed E-state index contributed by atoms with van der Waals surface area (Å²) in [5, 5.41) is 0. The van der Waals surface area contributed by atoms with Crippen LogP contribution in [0.5, 0.6) is 0 Å². The molecule has 1 atom stereocenters. The molecule has 2 N–H and O–H groups in total. The second-order valence-corrected chi connectivity index (χ2v) is 4.92. The van der Waals surface area contributed by atoms with Crippen LogP contribution in [0.1, 0.15) is 6.42 Å². The third-order valence-electron chi connectivity index (χ3n) is 3.54. The molecule has 1 unspecified atom stereocenters. The first-order valence-corrected chi connectivity index (χ1v) is 6.71. The maximum Gasteiger partial charge on any atom is 0.409 e. The van der Waals surface area contributed by atoms with E-state index >= 15 is 0 Å². The fourth-order valence-electron chi connectivity index (χ4n) is 2.40.